The Kier molecular flexibility index (Phi) is 5.62. The van der Waals surface area contributed by atoms with Gasteiger partial charge in [0.15, 0.2) is 0 Å². The Hall–Kier alpha value is -1.21. The maximum Gasteiger partial charge on any atom is 0.416 e. The zero-order valence-electron chi connectivity index (χ0n) is 12.9. The van der Waals surface area contributed by atoms with Crippen LogP contribution in [-0.4, -0.2) is 35.2 Å². The largest absolute Gasteiger partial charge is 0.416 e. The zero-order valence-corrected chi connectivity index (χ0v) is 13.7. The van der Waals surface area contributed by atoms with Crippen molar-refractivity contribution in [3.05, 3.63) is 35.4 Å². The minimum atomic E-state index is -4.41. The van der Waals surface area contributed by atoms with Gasteiger partial charge in [0.05, 0.1) is 12.2 Å². The summed E-state index contributed by atoms with van der Waals surface area (Å²) in [6.45, 7) is 1.73. The van der Waals surface area contributed by atoms with Gasteiger partial charge in [0.2, 0.25) is 5.91 Å². The molecule has 1 aliphatic rings. The first-order chi connectivity index (χ1) is 10.8. The Morgan fingerprint density at radius 1 is 1.43 bits per heavy atom. The first kappa shape index (κ1) is 18.1. The van der Waals surface area contributed by atoms with E-state index in [1.165, 1.54) is 23.9 Å². The Bertz CT molecular complexity index is 561. The molecule has 0 saturated heterocycles. The fourth-order valence-corrected chi connectivity index (χ4v) is 3.39. The molecular weight excluding hydrogens is 327 g/mol. The average Bonchev–Trinajstić information content (AvgIpc) is 3.28. The van der Waals surface area contributed by atoms with Gasteiger partial charge in [0.25, 0.3) is 0 Å². The van der Waals surface area contributed by atoms with Gasteiger partial charge in [-0.25, -0.2) is 0 Å². The van der Waals surface area contributed by atoms with Crippen LogP contribution in [0.25, 0.3) is 0 Å². The van der Waals surface area contributed by atoms with Crippen molar-refractivity contribution in [1.82, 2.24) is 5.32 Å². The predicted octanol–water partition coefficient (Wildman–Crippen LogP) is 3.04. The Labute approximate surface area is 137 Å². The standard InChI is InChI=1S/C16H20F3NO2S/c1-9(14(8-21)23-2)20-15(22)12-7-11(12)10-5-3-4-6-13(10)16(17,18)19/h3-6,9,11-12,14,21H,7-8H2,1-2H3,(H,20,22). The lowest BCUT2D eigenvalue weighted by molar-refractivity contribution is -0.138. The fourth-order valence-electron chi connectivity index (χ4n) is 2.77. The topological polar surface area (TPSA) is 49.3 Å². The molecule has 1 aliphatic carbocycles. The number of rotatable bonds is 6. The smallest absolute Gasteiger partial charge is 0.395 e. The second-order valence-electron chi connectivity index (χ2n) is 5.79. The molecule has 1 fully saturated rings. The number of carbonyl (C=O) groups excluding carboxylic acids is 1. The van der Waals surface area contributed by atoms with E-state index in [2.05, 4.69) is 5.32 Å². The molecule has 0 aromatic heterocycles. The molecule has 23 heavy (non-hydrogen) atoms. The number of carbonyl (C=O) groups is 1. The number of halogens is 3. The minimum Gasteiger partial charge on any atom is -0.395 e. The maximum absolute atomic E-state index is 13.0. The van der Waals surface area contributed by atoms with Crippen LogP contribution in [0.15, 0.2) is 24.3 Å². The first-order valence-corrected chi connectivity index (χ1v) is 8.68. The van der Waals surface area contributed by atoms with E-state index in [4.69, 9.17) is 0 Å². The highest BCUT2D eigenvalue weighted by Gasteiger charge is 2.48. The average molecular weight is 347 g/mol. The maximum atomic E-state index is 13.0. The lowest BCUT2D eigenvalue weighted by atomic mass is 10.0. The summed E-state index contributed by atoms with van der Waals surface area (Å²) in [5.41, 5.74) is -0.470. The van der Waals surface area contributed by atoms with Crippen LogP contribution in [0.3, 0.4) is 0 Å². The number of alkyl halides is 3. The van der Waals surface area contributed by atoms with Crippen molar-refractivity contribution in [2.45, 2.75) is 36.7 Å². The number of hydrogen-bond acceptors (Lipinski definition) is 3. The van der Waals surface area contributed by atoms with Gasteiger partial charge in [0.1, 0.15) is 0 Å². The van der Waals surface area contributed by atoms with Gasteiger partial charge in [-0.1, -0.05) is 18.2 Å². The molecule has 2 rings (SSSR count). The number of benzene rings is 1. The third-order valence-electron chi connectivity index (χ3n) is 4.20. The third kappa shape index (κ3) is 4.20. The molecule has 4 unspecified atom stereocenters. The summed E-state index contributed by atoms with van der Waals surface area (Å²) in [5, 5.41) is 11.9. The summed E-state index contributed by atoms with van der Waals surface area (Å²) >= 11 is 1.44. The molecular formula is C16H20F3NO2S. The van der Waals surface area contributed by atoms with Crippen LogP contribution >= 0.6 is 11.8 Å². The van der Waals surface area contributed by atoms with Gasteiger partial charge < -0.3 is 10.4 Å². The molecule has 0 heterocycles. The van der Waals surface area contributed by atoms with Crippen LogP contribution in [-0.2, 0) is 11.0 Å². The van der Waals surface area contributed by atoms with Crippen LogP contribution in [0.4, 0.5) is 13.2 Å². The molecule has 2 N–H and O–H groups in total. The van der Waals surface area contributed by atoms with Gasteiger partial charge >= 0.3 is 6.18 Å². The van der Waals surface area contributed by atoms with E-state index >= 15 is 0 Å². The second-order valence-corrected chi connectivity index (χ2v) is 6.86. The van der Waals surface area contributed by atoms with Crippen LogP contribution < -0.4 is 5.32 Å². The lowest BCUT2D eigenvalue weighted by Crippen LogP contribution is -2.42. The third-order valence-corrected chi connectivity index (χ3v) is 5.37. The summed E-state index contributed by atoms with van der Waals surface area (Å²) in [7, 11) is 0. The van der Waals surface area contributed by atoms with E-state index in [9.17, 15) is 23.1 Å². The van der Waals surface area contributed by atoms with E-state index in [0.29, 0.717) is 6.42 Å². The highest BCUT2D eigenvalue weighted by Crippen LogP contribution is 2.51. The zero-order chi connectivity index (χ0) is 17.2. The van der Waals surface area contributed by atoms with Crippen LogP contribution in [0.1, 0.15) is 30.4 Å². The first-order valence-electron chi connectivity index (χ1n) is 7.39. The SMILES string of the molecule is CSC(CO)C(C)NC(=O)C1CC1c1ccccc1C(F)(F)F. The summed E-state index contributed by atoms with van der Waals surface area (Å²) in [6, 6.07) is 5.19. The van der Waals surface area contributed by atoms with Crippen molar-refractivity contribution >= 4 is 17.7 Å². The molecule has 4 atom stereocenters. The van der Waals surface area contributed by atoms with E-state index in [-0.39, 0.29) is 35.3 Å². The number of aliphatic hydroxyl groups excluding tert-OH is 1. The predicted molar refractivity (Wildman–Crippen MR) is 84.3 cm³/mol. The normalized spacial score (nSPS) is 23.2. The van der Waals surface area contributed by atoms with Crippen molar-refractivity contribution in [2.24, 2.45) is 5.92 Å². The lowest BCUT2D eigenvalue weighted by Gasteiger charge is -2.21. The highest BCUT2D eigenvalue weighted by molar-refractivity contribution is 7.99. The van der Waals surface area contributed by atoms with E-state index < -0.39 is 17.7 Å². The second kappa shape index (κ2) is 7.13. The van der Waals surface area contributed by atoms with Gasteiger partial charge in [-0.05, 0) is 37.1 Å². The van der Waals surface area contributed by atoms with Crippen molar-refractivity contribution in [3.63, 3.8) is 0 Å². The molecule has 0 spiro atoms. The quantitative estimate of drug-likeness (QED) is 0.832. The molecule has 0 radical (unpaired) electrons. The van der Waals surface area contributed by atoms with Gasteiger partial charge in [0, 0.05) is 17.2 Å². The van der Waals surface area contributed by atoms with E-state index in [0.717, 1.165) is 6.07 Å². The van der Waals surface area contributed by atoms with Gasteiger partial charge in [-0.2, -0.15) is 24.9 Å². The molecule has 0 bridgehead atoms. The van der Waals surface area contributed by atoms with Crippen LogP contribution in [0.5, 0.6) is 0 Å². The Morgan fingerprint density at radius 3 is 2.65 bits per heavy atom. The van der Waals surface area contributed by atoms with Crippen molar-refractivity contribution in [2.75, 3.05) is 12.9 Å². The highest BCUT2D eigenvalue weighted by atomic mass is 32.2. The van der Waals surface area contributed by atoms with Gasteiger partial charge in [-0.15, -0.1) is 0 Å². The van der Waals surface area contributed by atoms with Crippen molar-refractivity contribution in [3.8, 4) is 0 Å². The molecule has 7 heteroatoms. The number of nitrogens with one attached hydrogen (secondary N) is 1. The Balaban J connectivity index is 2.04. The molecule has 1 aromatic rings. The summed E-state index contributed by atoms with van der Waals surface area (Å²) in [6.07, 6.45) is -2.15. The fraction of sp³-hybridized carbons (Fsp3) is 0.562. The van der Waals surface area contributed by atoms with E-state index in [1.54, 1.807) is 13.0 Å². The number of aliphatic hydroxyl groups is 1. The number of thioether (sulfide) groups is 1. The van der Waals surface area contributed by atoms with Crippen LogP contribution in [0.2, 0.25) is 0 Å². The summed E-state index contributed by atoms with van der Waals surface area (Å²) < 4.78 is 39.1. The molecule has 128 valence electrons. The molecule has 3 nitrogen and oxygen atoms in total. The monoisotopic (exact) mass is 347 g/mol. The number of amides is 1. The van der Waals surface area contributed by atoms with Crippen LogP contribution in [0, 0.1) is 5.92 Å². The van der Waals surface area contributed by atoms with Crippen molar-refractivity contribution in [1.29, 1.82) is 0 Å². The molecule has 1 amide bonds. The number of hydrogen-bond donors (Lipinski definition) is 2. The molecule has 1 saturated carbocycles. The molecule has 0 aliphatic heterocycles. The minimum absolute atomic E-state index is 0.0619. The van der Waals surface area contributed by atoms with E-state index in [1.807, 2.05) is 6.26 Å². The Morgan fingerprint density at radius 2 is 2.09 bits per heavy atom. The summed E-state index contributed by atoms with van der Waals surface area (Å²) in [5.74, 6) is -1.06. The molecule has 1 aromatic carbocycles. The van der Waals surface area contributed by atoms with Gasteiger partial charge in [-0.3, -0.25) is 4.79 Å². The summed E-state index contributed by atoms with van der Waals surface area (Å²) in [4.78, 5) is 12.2. The van der Waals surface area contributed by atoms with Crippen molar-refractivity contribution < 1.29 is 23.1 Å².